The van der Waals surface area contributed by atoms with Crippen LogP contribution < -0.4 is 10.5 Å². The fraction of sp³-hybridized carbons (Fsp3) is 0.143. The van der Waals surface area contributed by atoms with Crippen molar-refractivity contribution < 1.29 is 8.42 Å². The highest BCUT2D eigenvalue weighted by atomic mass is 79.9. The van der Waals surface area contributed by atoms with Crippen LogP contribution in [0.3, 0.4) is 0 Å². The molecule has 0 atom stereocenters. The Bertz CT molecular complexity index is 782. The topological polar surface area (TPSA) is 72.2 Å². The van der Waals surface area contributed by atoms with Gasteiger partial charge in [0.1, 0.15) is 0 Å². The maximum atomic E-state index is 12.5. The van der Waals surface area contributed by atoms with E-state index in [0.717, 1.165) is 11.1 Å². The van der Waals surface area contributed by atoms with E-state index in [-0.39, 0.29) is 4.90 Å². The van der Waals surface area contributed by atoms with Gasteiger partial charge in [-0.25, -0.2) is 8.42 Å². The number of benzene rings is 2. The van der Waals surface area contributed by atoms with Crippen LogP contribution in [-0.4, -0.2) is 8.42 Å². The number of rotatable bonds is 3. The molecule has 0 aliphatic heterocycles. The molecule has 0 radical (unpaired) electrons. The van der Waals surface area contributed by atoms with Crippen molar-refractivity contribution in [1.82, 2.24) is 0 Å². The molecule has 112 valence electrons. The summed E-state index contributed by atoms with van der Waals surface area (Å²) in [5, 5.41) is 0. The van der Waals surface area contributed by atoms with E-state index in [1.54, 1.807) is 6.07 Å². The molecule has 0 heterocycles. The Morgan fingerprint density at radius 3 is 2.29 bits per heavy atom. The molecule has 0 amide bonds. The molecule has 0 saturated carbocycles. The molecule has 0 aromatic heterocycles. The molecule has 0 unspecified atom stereocenters. The highest BCUT2D eigenvalue weighted by molar-refractivity contribution is 9.11. The van der Waals surface area contributed by atoms with Gasteiger partial charge in [-0.05, 0) is 81.1 Å². The van der Waals surface area contributed by atoms with Crippen molar-refractivity contribution in [1.29, 1.82) is 0 Å². The van der Waals surface area contributed by atoms with Gasteiger partial charge < -0.3 is 5.73 Å². The lowest BCUT2D eigenvalue weighted by atomic mass is 10.1. The summed E-state index contributed by atoms with van der Waals surface area (Å²) in [7, 11) is -3.69. The standard InChI is InChI=1S/C14H14Br2N2O2S/c1-8-5-9(2)14(12(16)6-8)18-21(19,20)10-3-4-11(15)13(17)7-10/h3-7,18H,17H2,1-2H3. The van der Waals surface area contributed by atoms with Gasteiger partial charge in [-0.1, -0.05) is 6.07 Å². The molecule has 0 aliphatic carbocycles. The van der Waals surface area contributed by atoms with Crippen molar-refractivity contribution in [3.63, 3.8) is 0 Å². The van der Waals surface area contributed by atoms with E-state index in [9.17, 15) is 8.42 Å². The third-order valence-corrected chi connectivity index (χ3v) is 5.64. The predicted molar refractivity (Wildman–Crippen MR) is 93.0 cm³/mol. The molecule has 0 spiro atoms. The smallest absolute Gasteiger partial charge is 0.262 e. The summed E-state index contributed by atoms with van der Waals surface area (Å²) in [5.41, 5.74) is 8.54. The first-order valence-electron chi connectivity index (χ1n) is 6.05. The normalized spacial score (nSPS) is 11.4. The molecular formula is C14H14Br2N2O2S. The maximum absolute atomic E-state index is 12.5. The molecular weight excluding hydrogens is 420 g/mol. The Morgan fingerprint density at radius 2 is 1.71 bits per heavy atom. The number of nitrogens with two attached hydrogens (primary N) is 1. The van der Waals surface area contributed by atoms with Gasteiger partial charge >= 0.3 is 0 Å². The summed E-state index contributed by atoms with van der Waals surface area (Å²) in [5.74, 6) is 0. The summed E-state index contributed by atoms with van der Waals surface area (Å²) >= 11 is 6.64. The molecule has 2 rings (SSSR count). The minimum Gasteiger partial charge on any atom is -0.398 e. The van der Waals surface area contributed by atoms with Crippen molar-refractivity contribution in [2.75, 3.05) is 10.5 Å². The minimum absolute atomic E-state index is 0.120. The highest BCUT2D eigenvalue weighted by Crippen LogP contribution is 2.31. The van der Waals surface area contributed by atoms with Gasteiger partial charge in [0.05, 0.1) is 10.6 Å². The molecule has 0 fully saturated rings. The third-order valence-electron chi connectivity index (χ3n) is 2.95. The number of nitrogens with one attached hydrogen (secondary N) is 1. The van der Waals surface area contributed by atoms with Crippen LogP contribution in [0.1, 0.15) is 11.1 Å². The van der Waals surface area contributed by atoms with E-state index in [4.69, 9.17) is 5.73 Å². The number of hydrogen-bond donors (Lipinski definition) is 2. The Kier molecular flexibility index (Phi) is 4.65. The average Bonchev–Trinajstić information content (AvgIpc) is 2.37. The van der Waals surface area contributed by atoms with E-state index in [0.29, 0.717) is 20.3 Å². The molecule has 21 heavy (non-hydrogen) atoms. The molecule has 2 aromatic carbocycles. The second-order valence-electron chi connectivity index (χ2n) is 4.73. The van der Waals surface area contributed by atoms with Gasteiger partial charge in [0.25, 0.3) is 10.0 Å². The average molecular weight is 434 g/mol. The Balaban J connectivity index is 2.44. The van der Waals surface area contributed by atoms with E-state index < -0.39 is 10.0 Å². The first-order valence-corrected chi connectivity index (χ1v) is 9.12. The van der Waals surface area contributed by atoms with Crippen molar-refractivity contribution in [3.8, 4) is 0 Å². The fourth-order valence-corrected chi connectivity index (χ4v) is 4.26. The van der Waals surface area contributed by atoms with E-state index >= 15 is 0 Å². The van der Waals surface area contributed by atoms with E-state index in [2.05, 4.69) is 36.6 Å². The summed E-state index contributed by atoms with van der Waals surface area (Å²) in [4.78, 5) is 0.120. The van der Waals surface area contributed by atoms with Crippen LogP contribution >= 0.6 is 31.9 Å². The monoisotopic (exact) mass is 432 g/mol. The summed E-state index contributed by atoms with van der Waals surface area (Å²) < 4.78 is 28.9. The molecule has 0 aliphatic rings. The zero-order chi connectivity index (χ0) is 15.8. The largest absolute Gasteiger partial charge is 0.398 e. The molecule has 2 aromatic rings. The quantitative estimate of drug-likeness (QED) is 0.712. The molecule has 7 heteroatoms. The number of sulfonamides is 1. The lowest BCUT2D eigenvalue weighted by molar-refractivity contribution is 0.601. The van der Waals surface area contributed by atoms with Crippen molar-refractivity contribution in [2.24, 2.45) is 0 Å². The maximum Gasteiger partial charge on any atom is 0.262 e. The zero-order valence-electron chi connectivity index (χ0n) is 11.4. The fourth-order valence-electron chi connectivity index (χ4n) is 1.93. The van der Waals surface area contributed by atoms with Gasteiger partial charge in [0.2, 0.25) is 0 Å². The van der Waals surface area contributed by atoms with Gasteiger partial charge in [-0.3, -0.25) is 4.72 Å². The SMILES string of the molecule is Cc1cc(C)c(NS(=O)(=O)c2ccc(Br)c(N)c2)c(Br)c1. The van der Waals surface area contributed by atoms with Crippen LogP contribution in [0.25, 0.3) is 0 Å². The highest BCUT2D eigenvalue weighted by Gasteiger charge is 2.18. The van der Waals surface area contributed by atoms with Crippen molar-refractivity contribution in [2.45, 2.75) is 18.7 Å². The lowest BCUT2D eigenvalue weighted by Crippen LogP contribution is -2.14. The zero-order valence-corrected chi connectivity index (χ0v) is 15.4. The number of hydrogen-bond acceptors (Lipinski definition) is 3. The molecule has 0 saturated heterocycles. The second kappa shape index (κ2) is 5.98. The Morgan fingerprint density at radius 1 is 1.05 bits per heavy atom. The van der Waals surface area contributed by atoms with Crippen molar-refractivity contribution >= 4 is 53.3 Å². The summed E-state index contributed by atoms with van der Waals surface area (Å²) in [6.07, 6.45) is 0. The summed E-state index contributed by atoms with van der Waals surface area (Å²) in [6, 6.07) is 8.31. The van der Waals surface area contributed by atoms with Gasteiger partial charge in [0, 0.05) is 14.6 Å². The predicted octanol–water partition coefficient (Wildman–Crippen LogP) is 4.21. The minimum atomic E-state index is -3.69. The van der Waals surface area contributed by atoms with Crippen LogP contribution in [0.4, 0.5) is 11.4 Å². The van der Waals surface area contributed by atoms with E-state index in [1.165, 1.54) is 12.1 Å². The molecule has 4 nitrogen and oxygen atoms in total. The Hall–Kier alpha value is -1.05. The van der Waals surface area contributed by atoms with Gasteiger partial charge in [-0.2, -0.15) is 0 Å². The summed E-state index contributed by atoms with van der Waals surface area (Å²) in [6.45, 7) is 3.80. The number of aryl methyl sites for hydroxylation is 2. The molecule has 3 N–H and O–H groups in total. The number of anilines is 2. The van der Waals surface area contributed by atoms with Crippen LogP contribution in [-0.2, 0) is 10.0 Å². The second-order valence-corrected chi connectivity index (χ2v) is 8.12. The van der Waals surface area contributed by atoms with Crippen LogP contribution in [0.5, 0.6) is 0 Å². The van der Waals surface area contributed by atoms with Gasteiger partial charge in [0.15, 0.2) is 0 Å². The number of nitrogen functional groups attached to an aromatic ring is 1. The van der Waals surface area contributed by atoms with Crippen LogP contribution in [0, 0.1) is 13.8 Å². The van der Waals surface area contributed by atoms with E-state index in [1.807, 2.05) is 26.0 Å². The van der Waals surface area contributed by atoms with Gasteiger partial charge in [-0.15, -0.1) is 0 Å². The van der Waals surface area contributed by atoms with Crippen LogP contribution in [0.15, 0.2) is 44.2 Å². The Labute approximate surface area is 141 Å². The molecule has 0 bridgehead atoms. The first kappa shape index (κ1) is 16.3. The third kappa shape index (κ3) is 3.59. The lowest BCUT2D eigenvalue weighted by Gasteiger charge is -2.14. The van der Waals surface area contributed by atoms with Crippen molar-refractivity contribution in [3.05, 3.63) is 50.4 Å². The van der Waals surface area contributed by atoms with Crippen LogP contribution in [0.2, 0.25) is 0 Å². The first-order chi connectivity index (χ1) is 9.70. The number of halogens is 2.